The minimum atomic E-state index is -0.526. The van der Waals surface area contributed by atoms with E-state index < -0.39 is 5.92 Å². The van der Waals surface area contributed by atoms with Gasteiger partial charge in [0.15, 0.2) is 0 Å². The number of hydrogen-bond acceptors (Lipinski definition) is 3. The zero-order chi connectivity index (χ0) is 17.8. The van der Waals surface area contributed by atoms with E-state index in [0.717, 1.165) is 12.2 Å². The predicted molar refractivity (Wildman–Crippen MR) is 99.4 cm³/mol. The van der Waals surface area contributed by atoms with Crippen LogP contribution in [0.2, 0.25) is 0 Å². The van der Waals surface area contributed by atoms with E-state index in [1.165, 1.54) is 25.7 Å². The maximum absolute atomic E-state index is 12.7. The summed E-state index contributed by atoms with van der Waals surface area (Å²) in [5.41, 5.74) is 0.881. The number of para-hydroxylation sites is 1. The van der Waals surface area contributed by atoms with Crippen LogP contribution in [-0.2, 0) is 9.59 Å². The Kier molecular flexibility index (Phi) is 5.74. The standard InChI is InChI=1S/C20H29N3O2/c1-21(16-8-6-7-9-16)14-15-22(2)19(24)18-12-13-23(20(18)25)17-10-4-3-5-11-17/h3-5,10-11,16,18H,6-9,12-15H2,1-2H3. The first-order valence-electron chi connectivity index (χ1n) is 9.39. The Morgan fingerprint density at radius 3 is 2.44 bits per heavy atom. The Morgan fingerprint density at radius 2 is 1.76 bits per heavy atom. The van der Waals surface area contributed by atoms with Gasteiger partial charge < -0.3 is 14.7 Å². The van der Waals surface area contributed by atoms with Crippen LogP contribution in [-0.4, -0.2) is 61.4 Å². The van der Waals surface area contributed by atoms with E-state index in [-0.39, 0.29) is 11.8 Å². The Hall–Kier alpha value is -1.88. The van der Waals surface area contributed by atoms with Gasteiger partial charge in [0.25, 0.3) is 0 Å². The smallest absolute Gasteiger partial charge is 0.239 e. The van der Waals surface area contributed by atoms with E-state index >= 15 is 0 Å². The molecule has 5 heteroatoms. The van der Waals surface area contributed by atoms with Crippen molar-refractivity contribution in [3.8, 4) is 0 Å². The van der Waals surface area contributed by atoms with Gasteiger partial charge in [-0.05, 0) is 38.4 Å². The highest BCUT2D eigenvalue weighted by Gasteiger charge is 2.38. The summed E-state index contributed by atoms with van der Waals surface area (Å²) in [6.45, 7) is 2.17. The number of carbonyl (C=O) groups is 2. The molecule has 0 bridgehead atoms. The highest BCUT2D eigenvalue weighted by molar-refractivity contribution is 6.09. The minimum absolute atomic E-state index is 0.0387. The number of amides is 2. The van der Waals surface area contributed by atoms with Gasteiger partial charge >= 0.3 is 0 Å². The summed E-state index contributed by atoms with van der Waals surface area (Å²) in [6.07, 6.45) is 5.77. The van der Waals surface area contributed by atoms with Crippen LogP contribution in [0.5, 0.6) is 0 Å². The lowest BCUT2D eigenvalue weighted by atomic mass is 10.1. The highest BCUT2D eigenvalue weighted by atomic mass is 16.2. The quantitative estimate of drug-likeness (QED) is 0.745. The molecule has 1 aliphatic carbocycles. The fourth-order valence-electron chi connectivity index (χ4n) is 3.98. The molecule has 1 saturated heterocycles. The SMILES string of the molecule is CN(CCN(C)C1CCCC1)C(=O)C1CCN(c2ccccc2)C1=O. The zero-order valence-corrected chi connectivity index (χ0v) is 15.4. The maximum atomic E-state index is 12.7. The average molecular weight is 343 g/mol. The Morgan fingerprint density at radius 1 is 1.08 bits per heavy atom. The summed E-state index contributed by atoms with van der Waals surface area (Å²) in [5.74, 6) is -0.627. The first-order valence-corrected chi connectivity index (χ1v) is 9.39. The fourth-order valence-corrected chi connectivity index (χ4v) is 3.98. The lowest BCUT2D eigenvalue weighted by Gasteiger charge is -2.27. The number of anilines is 1. The van der Waals surface area contributed by atoms with Crippen molar-refractivity contribution in [2.24, 2.45) is 5.92 Å². The van der Waals surface area contributed by atoms with Crippen LogP contribution in [0.1, 0.15) is 32.1 Å². The molecule has 3 rings (SSSR count). The molecular weight excluding hydrogens is 314 g/mol. The topological polar surface area (TPSA) is 43.9 Å². The second-order valence-corrected chi connectivity index (χ2v) is 7.35. The molecule has 0 N–H and O–H groups in total. The molecule has 5 nitrogen and oxygen atoms in total. The number of carbonyl (C=O) groups excluding carboxylic acids is 2. The van der Waals surface area contributed by atoms with E-state index in [4.69, 9.17) is 0 Å². The number of likely N-dealkylation sites (N-methyl/N-ethyl adjacent to an activating group) is 2. The molecule has 0 spiro atoms. The second kappa shape index (κ2) is 8.00. The molecule has 136 valence electrons. The molecule has 0 aromatic heterocycles. The molecule has 2 amide bonds. The van der Waals surface area contributed by atoms with Gasteiger partial charge in [-0.3, -0.25) is 9.59 Å². The first kappa shape index (κ1) is 17.9. The molecule has 1 aliphatic heterocycles. The van der Waals surface area contributed by atoms with Gasteiger partial charge in [0.1, 0.15) is 5.92 Å². The largest absolute Gasteiger partial charge is 0.344 e. The van der Waals surface area contributed by atoms with Gasteiger partial charge in [-0.15, -0.1) is 0 Å². The fraction of sp³-hybridized carbons (Fsp3) is 0.600. The van der Waals surface area contributed by atoms with Crippen LogP contribution in [0.3, 0.4) is 0 Å². The van der Waals surface area contributed by atoms with Crippen LogP contribution in [0.25, 0.3) is 0 Å². The highest BCUT2D eigenvalue weighted by Crippen LogP contribution is 2.26. The van der Waals surface area contributed by atoms with Crippen LogP contribution in [0.4, 0.5) is 5.69 Å². The summed E-state index contributed by atoms with van der Waals surface area (Å²) in [6, 6.07) is 10.3. The molecular formula is C20H29N3O2. The molecule has 1 saturated carbocycles. The van der Waals surface area contributed by atoms with Crippen molar-refractivity contribution in [1.82, 2.24) is 9.80 Å². The number of nitrogens with zero attached hydrogens (tertiary/aromatic N) is 3. The van der Waals surface area contributed by atoms with Gasteiger partial charge in [-0.1, -0.05) is 31.0 Å². The summed E-state index contributed by atoms with van der Waals surface area (Å²) < 4.78 is 0. The third-order valence-electron chi connectivity index (χ3n) is 5.68. The molecule has 2 fully saturated rings. The molecule has 0 radical (unpaired) electrons. The van der Waals surface area contributed by atoms with Crippen LogP contribution in [0.15, 0.2) is 30.3 Å². The monoisotopic (exact) mass is 343 g/mol. The molecule has 2 aliphatic rings. The van der Waals surface area contributed by atoms with Crippen molar-refractivity contribution in [3.05, 3.63) is 30.3 Å². The minimum Gasteiger partial charge on any atom is -0.344 e. The van der Waals surface area contributed by atoms with Crippen molar-refractivity contribution in [1.29, 1.82) is 0 Å². The third-order valence-corrected chi connectivity index (χ3v) is 5.68. The van der Waals surface area contributed by atoms with E-state index in [0.29, 0.717) is 25.6 Å². The van der Waals surface area contributed by atoms with Crippen LogP contribution in [0, 0.1) is 5.92 Å². The maximum Gasteiger partial charge on any atom is 0.239 e. The van der Waals surface area contributed by atoms with Crippen molar-refractivity contribution in [3.63, 3.8) is 0 Å². The van der Waals surface area contributed by atoms with Gasteiger partial charge in [-0.25, -0.2) is 0 Å². The van der Waals surface area contributed by atoms with Crippen molar-refractivity contribution < 1.29 is 9.59 Å². The summed E-state index contributed by atoms with van der Waals surface area (Å²) >= 11 is 0. The van der Waals surface area contributed by atoms with Crippen LogP contribution >= 0.6 is 0 Å². The molecule has 1 unspecified atom stereocenters. The van der Waals surface area contributed by atoms with Gasteiger partial charge in [0.05, 0.1) is 0 Å². The summed E-state index contributed by atoms with van der Waals surface area (Å²) in [5, 5.41) is 0. The molecule has 1 aromatic rings. The Balaban J connectivity index is 1.53. The molecule has 25 heavy (non-hydrogen) atoms. The summed E-state index contributed by atoms with van der Waals surface area (Å²) in [4.78, 5) is 31.2. The van der Waals surface area contributed by atoms with E-state index in [1.54, 1.807) is 9.80 Å². The number of rotatable bonds is 6. The van der Waals surface area contributed by atoms with Crippen molar-refractivity contribution in [2.45, 2.75) is 38.1 Å². The summed E-state index contributed by atoms with van der Waals surface area (Å²) in [7, 11) is 3.97. The zero-order valence-electron chi connectivity index (χ0n) is 15.4. The molecule has 1 aromatic carbocycles. The first-order chi connectivity index (χ1) is 12.1. The van der Waals surface area contributed by atoms with E-state index in [2.05, 4.69) is 11.9 Å². The Bertz CT molecular complexity index is 598. The molecule has 1 atom stereocenters. The molecule has 1 heterocycles. The van der Waals surface area contributed by atoms with Gasteiger partial charge in [-0.2, -0.15) is 0 Å². The van der Waals surface area contributed by atoms with Crippen molar-refractivity contribution >= 4 is 17.5 Å². The normalized spacial score (nSPS) is 21.3. The van der Waals surface area contributed by atoms with Gasteiger partial charge in [0.2, 0.25) is 11.8 Å². The van der Waals surface area contributed by atoms with Crippen LogP contribution < -0.4 is 4.90 Å². The lowest BCUT2D eigenvalue weighted by molar-refractivity contribution is -0.139. The number of hydrogen-bond donors (Lipinski definition) is 0. The number of benzene rings is 1. The van der Waals surface area contributed by atoms with Crippen molar-refractivity contribution in [2.75, 3.05) is 38.6 Å². The van der Waals surface area contributed by atoms with E-state index in [1.807, 2.05) is 37.4 Å². The lowest BCUT2D eigenvalue weighted by Crippen LogP contribution is -2.42. The average Bonchev–Trinajstić information content (AvgIpc) is 3.29. The predicted octanol–water partition coefficient (Wildman–Crippen LogP) is 2.37. The third kappa shape index (κ3) is 4.03. The van der Waals surface area contributed by atoms with E-state index in [9.17, 15) is 9.59 Å². The van der Waals surface area contributed by atoms with Gasteiger partial charge in [0, 0.05) is 38.4 Å². The Labute approximate surface area is 150 Å². The second-order valence-electron chi connectivity index (χ2n) is 7.35.